The van der Waals surface area contributed by atoms with Crippen LogP contribution in [0.25, 0.3) is 23.4 Å². The summed E-state index contributed by atoms with van der Waals surface area (Å²) in [5.41, 5.74) is 3.35. The van der Waals surface area contributed by atoms with Crippen molar-refractivity contribution in [3.05, 3.63) is 40.4 Å². The van der Waals surface area contributed by atoms with E-state index in [1.807, 2.05) is 12.1 Å². The van der Waals surface area contributed by atoms with Crippen LogP contribution >= 0.6 is 0 Å². The fourth-order valence-corrected chi connectivity index (χ4v) is 4.03. The van der Waals surface area contributed by atoms with Gasteiger partial charge < -0.3 is 19.4 Å². The maximum absolute atomic E-state index is 13.9. The van der Waals surface area contributed by atoms with Crippen LogP contribution in [0.3, 0.4) is 0 Å². The van der Waals surface area contributed by atoms with Gasteiger partial charge in [0.2, 0.25) is 0 Å². The number of halogens is 1. The molecule has 1 aliphatic carbocycles. The molecular formula is C23H31BFNO3. The van der Waals surface area contributed by atoms with Gasteiger partial charge in [0.15, 0.2) is 0 Å². The van der Waals surface area contributed by atoms with Crippen LogP contribution in [-0.4, -0.2) is 35.0 Å². The Labute approximate surface area is 172 Å². The van der Waals surface area contributed by atoms with Crippen LogP contribution in [-0.2, 0) is 6.54 Å². The number of alkyl halides is 1. The zero-order chi connectivity index (χ0) is 21.0. The van der Waals surface area contributed by atoms with Crippen LogP contribution in [0.5, 0.6) is 5.75 Å². The Morgan fingerprint density at radius 1 is 1.21 bits per heavy atom. The fraction of sp³-hybridized carbons (Fsp3) is 0.478. The Kier molecular flexibility index (Phi) is 7.20. The number of aromatic nitrogens is 1. The topological polar surface area (TPSA) is 54.6 Å². The van der Waals surface area contributed by atoms with Crippen molar-refractivity contribution < 1.29 is 19.2 Å². The summed E-state index contributed by atoms with van der Waals surface area (Å²) in [6, 6.07) is 8.34. The molecule has 29 heavy (non-hydrogen) atoms. The normalized spacial score (nSPS) is 15.6. The van der Waals surface area contributed by atoms with Crippen molar-refractivity contribution in [2.75, 3.05) is 7.11 Å². The highest BCUT2D eigenvalue weighted by Gasteiger charge is 2.16. The van der Waals surface area contributed by atoms with Gasteiger partial charge in [-0.25, -0.2) is 4.39 Å². The molecule has 1 aromatic heterocycles. The molecule has 6 heteroatoms. The van der Waals surface area contributed by atoms with E-state index >= 15 is 0 Å². The number of nitrogens with zero attached hydrogens (tertiary/aromatic N) is 1. The first-order chi connectivity index (χ1) is 13.9. The van der Waals surface area contributed by atoms with E-state index in [1.54, 1.807) is 13.2 Å². The Morgan fingerprint density at radius 3 is 2.69 bits per heavy atom. The molecule has 2 aromatic rings. The second-order valence-corrected chi connectivity index (χ2v) is 8.09. The molecule has 1 atom stereocenters. The average Bonchev–Trinajstić information content (AvgIpc) is 3.04. The third-order valence-corrected chi connectivity index (χ3v) is 5.56. The SMILES string of the molecule is COc1ccc(-c2cc3c(n2CCCCCB(O)O)=CCC(F)C=3)cc1C(C)C. The summed E-state index contributed by atoms with van der Waals surface area (Å²) in [5, 5.41) is 20.1. The molecule has 0 saturated carbocycles. The number of hydrogen-bond donors (Lipinski definition) is 2. The Hall–Kier alpha value is -2.05. The molecule has 1 aromatic carbocycles. The number of rotatable bonds is 9. The van der Waals surface area contributed by atoms with E-state index < -0.39 is 13.3 Å². The van der Waals surface area contributed by atoms with E-state index in [4.69, 9.17) is 14.8 Å². The van der Waals surface area contributed by atoms with Crippen molar-refractivity contribution in [3.63, 3.8) is 0 Å². The second kappa shape index (κ2) is 9.64. The van der Waals surface area contributed by atoms with E-state index in [2.05, 4.69) is 36.6 Å². The third kappa shape index (κ3) is 5.12. The number of hydrogen-bond acceptors (Lipinski definition) is 3. The van der Waals surface area contributed by atoms with Crippen LogP contribution in [0.15, 0.2) is 24.3 Å². The van der Waals surface area contributed by atoms with E-state index in [9.17, 15) is 4.39 Å². The van der Waals surface area contributed by atoms with Gasteiger partial charge in [-0.2, -0.15) is 0 Å². The smallest absolute Gasteiger partial charge is 0.451 e. The largest absolute Gasteiger partial charge is 0.496 e. The number of ether oxygens (including phenoxy) is 1. The molecular weight excluding hydrogens is 368 g/mol. The lowest BCUT2D eigenvalue weighted by atomic mass is 9.83. The Balaban J connectivity index is 1.96. The molecule has 3 rings (SSSR count). The summed E-state index contributed by atoms with van der Waals surface area (Å²) in [6.45, 7) is 5.11. The number of fused-ring (bicyclic) bond motifs is 1. The van der Waals surface area contributed by atoms with Crippen molar-refractivity contribution in [2.24, 2.45) is 0 Å². The van der Waals surface area contributed by atoms with E-state index in [0.29, 0.717) is 18.7 Å². The monoisotopic (exact) mass is 399 g/mol. The minimum absolute atomic E-state index is 0.334. The molecule has 0 spiro atoms. The highest BCUT2D eigenvalue weighted by atomic mass is 19.1. The first-order valence-electron chi connectivity index (χ1n) is 10.5. The highest BCUT2D eigenvalue weighted by molar-refractivity contribution is 6.40. The van der Waals surface area contributed by atoms with Gasteiger partial charge in [0.25, 0.3) is 0 Å². The first-order valence-corrected chi connectivity index (χ1v) is 10.5. The molecule has 2 N–H and O–H groups in total. The molecule has 0 bridgehead atoms. The lowest BCUT2D eigenvalue weighted by molar-refractivity contribution is 0.401. The molecule has 0 aliphatic heterocycles. The maximum Gasteiger partial charge on any atom is 0.451 e. The Bertz CT molecular complexity index is 952. The van der Waals surface area contributed by atoms with Gasteiger partial charge in [-0.05, 0) is 65.3 Å². The lowest BCUT2D eigenvalue weighted by Crippen LogP contribution is -2.33. The van der Waals surface area contributed by atoms with Gasteiger partial charge in [0, 0.05) is 24.0 Å². The minimum Gasteiger partial charge on any atom is -0.496 e. The zero-order valence-corrected chi connectivity index (χ0v) is 17.6. The second-order valence-electron chi connectivity index (χ2n) is 8.09. The van der Waals surface area contributed by atoms with Gasteiger partial charge in [-0.1, -0.05) is 32.8 Å². The summed E-state index contributed by atoms with van der Waals surface area (Å²) in [5.74, 6) is 1.22. The van der Waals surface area contributed by atoms with Crippen LogP contribution in [0.2, 0.25) is 6.32 Å². The Morgan fingerprint density at radius 2 is 2.00 bits per heavy atom. The van der Waals surface area contributed by atoms with Crippen LogP contribution in [0, 0.1) is 0 Å². The molecule has 156 valence electrons. The number of unbranched alkanes of at least 4 members (excludes halogenated alkanes) is 2. The van der Waals surface area contributed by atoms with Gasteiger partial charge in [0.05, 0.1) is 7.11 Å². The summed E-state index contributed by atoms with van der Waals surface area (Å²) in [4.78, 5) is 0. The molecule has 4 nitrogen and oxygen atoms in total. The van der Waals surface area contributed by atoms with E-state index in [0.717, 1.165) is 58.9 Å². The summed E-state index contributed by atoms with van der Waals surface area (Å²) < 4.78 is 21.7. The van der Waals surface area contributed by atoms with Crippen LogP contribution in [0.1, 0.15) is 51.0 Å². The predicted octanol–water partition coefficient (Wildman–Crippen LogP) is 3.23. The van der Waals surface area contributed by atoms with Crippen LogP contribution in [0.4, 0.5) is 4.39 Å². The van der Waals surface area contributed by atoms with Crippen molar-refractivity contribution in [1.29, 1.82) is 0 Å². The summed E-state index contributed by atoms with van der Waals surface area (Å²) in [6.07, 6.45) is 6.21. The van der Waals surface area contributed by atoms with E-state index in [1.165, 1.54) is 0 Å². The number of methoxy groups -OCH3 is 1. The lowest BCUT2D eigenvalue weighted by Gasteiger charge is -2.16. The zero-order valence-electron chi connectivity index (χ0n) is 17.6. The van der Waals surface area contributed by atoms with Crippen molar-refractivity contribution in [1.82, 2.24) is 4.57 Å². The van der Waals surface area contributed by atoms with Crippen LogP contribution < -0.4 is 15.3 Å². The molecule has 0 fully saturated rings. The van der Waals surface area contributed by atoms with Gasteiger partial charge in [-0.3, -0.25) is 0 Å². The quantitative estimate of drug-likeness (QED) is 0.503. The van der Waals surface area contributed by atoms with E-state index in [-0.39, 0.29) is 0 Å². The third-order valence-electron chi connectivity index (χ3n) is 5.56. The van der Waals surface area contributed by atoms with Crippen molar-refractivity contribution >= 4 is 19.3 Å². The summed E-state index contributed by atoms with van der Waals surface area (Å²) in [7, 11) is 0.458. The summed E-state index contributed by atoms with van der Waals surface area (Å²) >= 11 is 0. The fourth-order valence-electron chi connectivity index (χ4n) is 4.03. The van der Waals surface area contributed by atoms with Gasteiger partial charge in [0.1, 0.15) is 11.9 Å². The molecule has 1 unspecified atom stereocenters. The molecule has 1 aliphatic rings. The van der Waals surface area contributed by atoms with Gasteiger partial charge in [-0.15, -0.1) is 0 Å². The van der Waals surface area contributed by atoms with Crippen molar-refractivity contribution in [2.45, 2.75) is 64.5 Å². The molecule has 0 amide bonds. The average molecular weight is 399 g/mol. The maximum atomic E-state index is 13.9. The standard InChI is InChI=1S/C23H31BFNO3/c1-16(2)20-14-17(7-10-23(20)29-3)22-15-18-13-19(25)8-9-21(18)26(22)12-6-4-5-11-24(27)28/h7,9-10,13-16,19,27-28H,4-6,8,11-12H2,1-3H3. The van der Waals surface area contributed by atoms with Crippen molar-refractivity contribution in [3.8, 4) is 17.0 Å². The predicted molar refractivity (Wildman–Crippen MR) is 117 cm³/mol. The van der Waals surface area contributed by atoms with Gasteiger partial charge >= 0.3 is 7.12 Å². The highest BCUT2D eigenvalue weighted by Crippen LogP contribution is 2.31. The number of benzene rings is 1. The molecule has 1 heterocycles. The molecule has 0 saturated heterocycles. The minimum atomic E-state index is -1.23. The molecule has 0 radical (unpaired) electrons. The first kappa shape index (κ1) is 21.7.